The number of esters is 1. The van der Waals surface area contributed by atoms with Crippen molar-refractivity contribution in [1.29, 1.82) is 0 Å². The number of carbonyl (C=O) groups excluding carboxylic acids is 1. The van der Waals surface area contributed by atoms with Crippen LogP contribution in [0.5, 0.6) is 0 Å². The van der Waals surface area contributed by atoms with Crippen molar-refractivity contribution in [3.63, 3.8) is 0 Å². The molecule has 0 radical (unpaired) electrons. The minimum absolute atomic E-state index is 0.107. The fourth-order valence-corrected chi connectivity index (χ4v) is 2.01. The van der Waals surface area contributed by atoms with Crippen LogP contribution >= 0.6 is 0 Å². The summed E-state index contributed by atoms with van der Waals surface area (Å²) in [6.45, 7) is 4.48. The predicted octanol–water partition coefficient (Wildman–Crippen LogP) is 3.30. The third-order valence-electron chi connectivity index (χ3n) is 2.88. The Morgan fingerprint density at radius 1 is 1.33 bits per heavy atom. The minimum atomic E-state index is -0.107. The van der Waals surface area contributed by atoms with Gasteiger partial charge >= 0.3 is 5.97 Å². The third-order valence-corrected chi connectivity index (χ3v) is 2.88. The molecule has 0 saturated heterocycles. The molecule has 0 aliphatic heterocycles. The van der Waals surface area contributed by atoms with Crippen molar-refractivity contribution in [2.45, 2.75) is 26.7 Å². The van der Waals surface area contributed by atoms with Gasteiger partial charge in [0.1, 0.15) is 0 Å². The highest BCUT2D eigenvalue weighted by molar-refractivity contribution is 5.83. The molecule has 0 spiro atoms. The molecular formula is C15H19NO2. The van der Waals surface area contributed by atoms with Gasteiger partial charge in [-0.15, -0.1) is 0 Å². The third kappa shape index (κ3) is 3.13. The van der Waals surface area contributed by atoms with Crippen LogP contribution in [-0.2, 0) is 16.0 Å². The molecule has 0 aliphatic carbocycles. The molecule has 1 aromatic heterocycles. The number of benzene rings is 1. The van der Waals surface area contributed by atoms with Gasteiger partial charge in [-0.3, -0.25) is 4.79 Å². The Hall–Kier alpha value is -1.77. The van der Waals surface area contributed by atoms with Crippen molar-refractivity contribution in [2.24, 2.45) is 5.92 Å². The van der Waals surface area contributed by atoms with Gasteiger partial charge in [0.25, 0.3) is 0 Å². The lowest BCUT2D eigenvalue weighted by molar-refractivity contribution is -0.144. The molecule has 0 unspecified atom stereocenters. The van der Waals surface area contributed by atoms with Gasteiger partial charge in [-0.25, -0.2) is 0 Å². The zero-order valence-electron chi connectivity index (χ0n) is 10.9. The smallest absolute Gasteiger partial charge is 0.306 e. The number of hydrogen-bond donors (Lipinski definition) is 1. The average Bonchev–Trinajstić information content (AvgIpc) is 2.72. The number of para-hydroxylation sites is 1. The Kier molecular flexibility index (Phi) is 4.03. The quantitative estimate of drug-likeness (QED) is 0.821. The van der Waals surface area contributed by atoms with E-state index in [1.165, 1.54) is 10.9 Å². The zero-order chi connectivity index (χ0) is 13.0. The number of H-pyrrole nitrogens is 1. The molecule has 0 aliphatic rings. The molecule has 2 aromatic rings. The highest BCUT2D eigenvalue weighted by Gasteiger charge is 2.07. The molecule has 3 nitrogen and oxygen atoms in total. The van der Waals surface area contributed by atoms with E-state index in [1.807, 2.05) is 38.2 Å². The van der Waals surface area contributed by atoms with E-state index in [2.05, 4.69) is 11.1 Å². The summed E-state index contributed by atoms with van der Waals surface area (Å²) < 4.78 is 5.22. The molecule has 18 heavy (non-hydrogen) atoms. The summed E-state index contributed by atoms with van der Waals surface area (Å²) in [5.41, 5.74) is 2.32. The van der Waals surface area contributed by atoms with Crippen LogP contribution < -0.4 is 0 Å². The SMILES string of the molecule is CC(C)CC(=O)OCCc1c[nH]c2ccccc12. The van der Waals surface area contributed by atoms with E-state index in [0.29, 0.717) is 18.9 Å². The van der Waals surface area contributed by atoms with Crippen molar-refractivity contribution >= 4 is 16.9 Å². The summed E-state index contributed by atoms with van der Waals surface area (Å²) in [6.07, 6.45) is 3.24. The van der Waals surface area contributed by atoms with E-state index in [0.717, 1.165) is 11.9 Å². The Morgan fingerprint density at radius 3 is 2.89 bits per heavy atom. The first-order valence-corrected chi connectivity index (χ1v) is 6.37. The molecule has 0 saturated carbocycles. The number of aromatic nitrogens is 1. The van der Waals surface area contributed by atoms with Crippen LogP contribution in [0.25, 0.3) is 10.9 Å². The fraction of sp³-hybridized carbons (Fsp3) is 0.400. The van der Waals surface area contributed by atoms with Gasteiger partial charge in [-0.2, -0.15) is 0 Å². The largest absolute Gasteiger partial charge is 0.465 e. The lowest BCUT2D eigenvalue weighted by Crippen LogP contribution is -2.09. The molecule has 0 bridgehead atoms. The number of ether oxygens (including phenoxy) is 1. The molecule has 0 fully saturated rings. The van der Waals surface area contributed by atoms with Crippen LogP contribution in [0.2, 0.25) is 0 Å². The molecule has 0 atom stereocenters. The van der Waals surface area contributed by atoms with Crippen molar-refractivity contribution in [3.05, 3.63) is 36.0 Å². The Balaban J connectivity index is 1.89. The Bertz CT molecular complexity index is 528. The first-order valence-electron chi connectivity index (χ1n) is 6.37. The van der Waals surface area contributed by atoms with Crippen LogP contribution in [0.3, 0.4) is 0 Å². The van der Waals surface area contributed by atoms with Crippen molar-refractivity contribution in [3.8, 4) is 0 Å². The van der Waals surface area contributed by atoms with Crippen LogP contribution in [0, 0.1) is 5.92 Å². The molecule has 2 rings (SSSR count). The summed E-state index contributed by atoms with van der Waals surface area (Å²) in [4.78, 5) is 14.6. The van der Waals surface area contributed by atoms with Crippen molar-refractivity contribution in [1.82, 2.24) is 4.98 Å². The molecule has 0 amide bonds. The van der Waals surface area contributed by atoms with Crippen molar-refractivity contribution in [2.75, 3.05) is 6.61 Å². The highest BCUT2D eigenvalue weighted by Crippen LogP contribution is 2.18. The highest BCUT2D eigenvalue weighted by atomic mass is 16.5. The van der Waals surface area contributed by atoms with Gasteiger partial charge in [0.05, 0.1) is 6.61 Å². The number of rotatable bonds is 5. The van der Waals surface area contributed by atoms with Crippen LogP contribution in [-0.4, -0.2) is 17.6 Å². The summed E-state index contributed by atoms with van der Waals surface area (Å²) in [7, 11) is 0. The zero-order valence-corrected chi connectivity index (χ0v) is 10.9. The second-order valence-corrected chi connectivity index (χ2v) is 4.93. The van der Waals surface area contributed by atoms with Gasteiger partial charge in [0.15, 0.2) is 0 Å². The Morgan fingerprint density at radius 2 is 2.11 bits per heavy atom. The van der Waals surface area contributed by atoms with Crippen LogP contribution in [0.15, 0.2) is 30.5 Å². The first kappa shape index (κ1) is 12.7. The normalized spacial score (nSPS) is 11.1. The number of fused-ring (bicyclic) bond motifs is 1. The number of carbonyl (C=O) groups is 1. The van der Waals surface area contributed by atoms with Gasteiger partial charge in [0.2, 0.25) is 0 Å². The van der Waals surface area contributed by atoms with Gasteiger partial charge < -0.3 is 9.72 Å². The average molecular weight is 245 g/mol. The number of nitrogens with one attached hydrogen (secondary N) is 1. The van der Waals surface area contributed by atoms with E-state index in [4.69, 9.17) is 4.74 Å². The molecule has 1 aromatic carbocycles. The van der Waals surface area contributed by atoms with E-state index in [9.17, 15) is 4.79 Å². The lowest BCUT2D eigenvalue weighted by atomic mass is 10.1. The van der Waals surface area contributed by atoms with Gasteiger partial charge in [-0.05, 0) is 17.5 Å². The fourth-order valence-electron chi connectivity index (χ4n) is 2.01. The molecule has 1 heterocycles. The number of hydrogen-bond acceptors (Lipinski definition) is 2. The second kappa shape index (κ2) is 5.71. The lowest BCUT2D eigenvalue weighted by Gasteiger charge is -2.06. The summed E-state index contributed by atoms with van der Waals surface area (Å²) in [5.74, 6) is 0.246. The summed E-state index contributed by atoms with van der Waals surface area (Å²) in [5, 5.41) is 1.21. The van der Waals surface area contributed by atoms with E-state index >= 15 is 0 Å². The first-order chi connectivity index (χ1) is 8.66. The maximum Gasteiger partial charge on any atom is 0.306 e. The minimum Gasteiger partial charge on any atom is -0.465 e. The van der Waals surface area contributed by atoms with E-state index < -0.39 is 0 Å². The summed E-state index contributed by atoms with van der Waals surface area (Å²) in [6, 6.07) is 8.15. The van der Waals surface area contributed by atoms with Crippen molar-refractivity contribution < 1.29 is 9.53 Å². The van der Waals surface area contributed by atoms with Gasteiger partial charge in [0, 0.05) is 29.9 Å². The predicted molar refractivity (Wildman–Crippen MR) is 72.4 cm³/mol. The standard InChI is InChI=1S/C15H19NO2/c1-11(2)9-15(17)18-8-7-12-10-16-14-6-4-3-5-13(12)14/h3-6,10-11,16H,7-9H2,1-2H3. The topological polar surface area (TPSA) is 42.1 Å². The maximum absolute atomic E-state index is 11.4. The van der Waals surface area contributed by atoms with E-state index in [-0.39, 0.29) is 5.97 Å². The van der Waals surface area contributed by atoms with Crippen LogP contribution in [0.4, 0.5) is 0 Å². The molecular weight excluding hydrogens is 226 g/mol. The summed E-state index contributed by atoms with van der Waals surface area (Å²) >= 11 is 0. The molecule has 3 heteroatoms. The van der Waals surface area contributed by atoms with Gasteiger partial charge in [-0.1, -0.05) is 32.0 Å². The molecule has 96 valence electrons. The maximum atomic E-state index is 11.4. The second-order valence-electron chi connectivity index (χ2n) is 4.93. The molecule has 1 N–H and O–H groups in total. The monoisotopic (exact) mass is 245 g/mol. The van der Waals surface area contributed by atoms with Crippen LogP contribution in [0.1, 0.15) is 25.8 Å². The van der Waals surface area contributed by atoms with E-state index in [1.54, 1.807) is 0 Å². The Labute approximate surface area is 107 Å². The number of aromatic amines is 1.